The second-order valence-electron chi connectivity index (χ2n) is 29.4. The first-order chi connectivity index (χ1) is 52.2. The minimum Gasteiger partial charge on any atom is -0.420 e. The number of carbonyl (C=O) groups excluding carboxylic acids is 6. The number of ether oxygens (including phenoxy) is 4. The molecule has 5 aliphatic rings. The lowest BCUT2D eigenvalue weighted by Gasteiger charge is -2.41. The Morgan fingerprint density at radius 2 is 0.639 bits per heavy atom. The quantitative estimate of drug-likeness (QED) is 0.0682. The van der Waals surface area contributed by atoms with E-state index in [9.17, 15) is 43.2 Å². The van der Waals surface area contributed by atoms with Gasteiger partial charge in [0.15, 0.2) is 17.1 Å². The van der Waals surface area contributed by atoms with Gasteiger partial charge in [-0.25, -0.2) is 0 Å². The molecule has 3 unspecified atom stereocenters. The van der Waals surface area contributed by atoms with Crippen LogP contribution in [0.15, 0.2) is 215 Å². The molecule has 22 heteroatoms. The normalized spacial score (nSPS) is 17.3. The third-order valence-electron chi connectivity index (χ3n) is 20.8. The zero-order valence-electron chi connectivity index (χ0n) is 62.3. The predicted molar refractivity (Wildman–Crippen MR) is 407 cm³/mol. The summed E-state index contributed by atoms with van der Waals surface area (Å²) in [4.78, 5) is 124. The van der Waals surface area contributed by atoms with Crippen LogP contribution >= 0.6 is 0 Å². The first-order valence-corrected chi connectivity index (χ1v) is 37.5. The fourth-order valence-electron chi connectivity index (χ4n) is 15.4. The van der Waals surface area contributed by atoms with Crippen LogP contribution in [0.1, 0.15) is 201 Å². The van der Waals surface area contributed by atoms with Crippen LogP contribution in [0.25, 0.3) is 0 Å². The average molecular weight is 1460 g/mol. The summed E-state index contributed by atoms with van der Waals surface area (Å²) in [6.07, 6.45) is 8.05. The molecule has 3 aromatic heterocycles. The largest absolute Gasteiger partial charge is 0.420 e. The van der Waals surface area contributed by atoms with E-state index >= 15 is 0 Å². The van der Waals surface area contributed by atoms with Gasteiger partial charge >= 0.3 is 17.9 Å². The van der Waals surface area contributed by atoms with Crippen molar-refractivity contribution < 1.29 is 47.7 Å². The Bertz CT molecular complexity index is 4710. The maximum absolute atomic E-state index is 13.7. The predicted octanol–water partition coefficient (Wildman–Crippen LogP) is 12.8. The number of hydrogen-bond acceptors (Lipinski definition) is 16. The van der Waals surface area contributed by atoms with Gasteiger partial charge < -0.3 is 33.6 Å². The van der Waals surface area contributed by atoms with Gasteiger partial charge in [-0.1, -0.05) is 209 Å². The summed E-state index contributed by atoms with van der Waals surface area (Å²) in [6, 6.07) is 59.0. The van der Waals surface area contributed by atoms with Crippen LogP contribution in [0.5, 0.6) is 17.2 Å². The van der Waals surface area contributed by atoms with Crippen molar-refractivity contribution in [3.63, 3.8) is 0 Å². The Morgan fingerprint density at radius 1 is 0.380 bits per heavy atom. The van der Waals surface area contributed by atoms with E-state index in [1.165, 1.54) is 6.20 Å². The van der Waals surface area contributed by atoms with Crippen molar-refractivity contribution >= 4 is 35.6 Å². The number of fused-ring (bicyclic) bond motifs is 3. The van der Waals surface area contributed by atoms with Crippen molar-refractivity contribution in [3.8, 4) is 17.2 Å². The number of esters is 3. The summed E-state index contributed by atoms with van der Waals surface area (Å²) in [7, 11) is 0. The molecule has 4 aliphatic heterocycles. The van der Waals surface area contributed by atoms with Gasteiger partial charge in [-0.3, -0.25) is 57.2 Å². The zero-order chi connectivity index (χ0) is 76.3. The minimum absolute atomic E-state index is 0.0229. The van der Waals surface area contributed by atoms with Crippen molar-refractivity contribution in [2.45, 2.75) is 154 Å². The Hall–Kier alpha value is -11.3. The molecular formula is C86H93N9O13. The minimum atomic E-state index is -0.583. The molecule has 6 aromatic carbocycles. The molecule has 9 aromatic rings. The highest BCUT2D eigenvalue weighted by molar-refractivity contribution is 5.98. The Labute approximate surface area is 628 Å². The Balaban J connectivity index is 0.000000151. The highest BCUT2D eigenvalue weighted by atomic mass is 16.5. The third-order valence-corrected chi connectivity index (χ3v) is 20.8. The molecule has 560 valence electrons. The molecule has 0 bridgehead atoms. The van der Waals surface area contributed by atoms with E-state index in [-0.39, 0.29) is 130 Å². The van der Waals surface area contributed by atoms with Crippen LogP contribution in [-0.4, -0.2) is 131 Å². The van der Waals surface area contributed by atoms with Gasteiger partial charge in [0.2, 0.25) is 33.5 Å². The summed E-state index contributed by atoms with van der Waals surface area (Å²) in [6.45, 7) is 17.5. The highest BCUT2D eigenvalue weighted by Crippen LogP contribution is 2.44. The Morgan fingerprint density at radius 3 is 0.898 bits per heavy atom. The average Bonchev–Trinajstić information content (AvgIpc) is 0.788. The van der Waals surface area contributed by atoms with Gasteiger partial charge in [-0.2, -0.15) is 15.3 Å². The lowest BCUT2D eigenvalue weighted by molar-refractivity contribution is -0.142. The van der Waals surface area contributed by atoms with Crippen LogP contribution in [0.2, 0.25) is 0 Å². The lowest BCUT2D eigenvalue weighted by atomic mass is 9.83. The number of aromatic nitrogens is 6. The molecule has 3 amide bonds. The van der Waals surface area contributed by atoms with Gasteiger partial charge in [-0.15, -0.1) is 0 Å². The molecule has 14 rings (SSSR count). The highest BCUT2D eigenvalue weighted by Gasteiger charge is 2.46. The van der Waals surface area contributed by atoms with Crippen molar-refractivity contribution in [2.75, 3.05) is 32.8 Å². The number of carbonyl (C=O) groups is 6. The van der Waals surface area contributed by atoms with Crippen LogP contribution in [0, 0.1) is 17.8 Å². The van der Waals surface area contributed by atoms with Crippen LogP contribution in [-0.2, 0) is 19.1 Å². The molecule has 0 spiro atoms. The van der Waals surface area contributed by atoms with E-state index < -0.39 is 34.2 Å². The van der Waals surface area contributed by atoms with Gasteiger partial charge in [-0.05, 0) is 107 Å². The standard InChI is InChI=1S/C29H31N3O5.C29H31N3O4.C28H31N3O4/c1-19(2)31-18-23(25(20-9-5-3-6-10-20)21-11-7-4-8-12-21)32-26(28(31)34)27(24(33)17-30-32)37-29(35)22-13-15-36-16-14-22;1-19(2)31-18-23(25(20-11-5-3-6-12-20)21-13-7-4-8-14-21)32-26(28(31)34)27(24(33)17-30-32)36-29(35)22-15-9-10-16-22;1-18(2)15-24(33)35-27-23(32)16-29-31-22(17-30(19(3)4)28(34)26(27)31)25(20-11-7-5-8-12-20)21-13-9-6-10-14-21/h3-12,17,19,22-23,25H,13-16,18H2,1-2H3;3-8,11-14,17,19,22-23,25H,9-10,15-16,18H2,1-2H3;5-14,16,18-19,22,25H,15,17H2,1-4H3. The zero-order valence-corrected chi connectivity index (χ0v) is 62.3. The summed E-state index contributed by atoms with van der Waals surface area (Å²) in [5, 5.41) is 13.3. The molecule has 108 heavy (non-hydrogen) atoms. The SMILES string of the molecule is CC(C)CC(=O)Oc1c2n(ncc1=O)C(C(c1ccccc1)c1ccccc1)CN(C(C)C)C2=O.CC(C)N1CC(C(c2ccccc2)c2ccccc2)n2ncc(=O)c(OC(=O)C3CCCC3)c2C1=O.CC(C)N1CC(C(c2ccccc2)c2ccccc2)n2ncc(=O)c(OC(=O)C3CCOCC3)c2C1=O. The van der Waals surface area contributed by atoms with E-state index in [0.29, 0.717) is 45.7 Å². The van der Waals surface area contributed by atoms with Gasteiger partial charge in [0.25, 0.3) is 17.7 Å². The molecular weight excluding hydrogens is 1370 g/mol. The molecule has 7 heterocycles. The molecule has 0 N–H and O–H groups in total. The molecule has 1 saturated heterocycles. The second kappa shape index (κ2) is 34.5. The van der Waals surface area contributed by atoms with Crippen LogP contribution in [0.4, 0.5) is 0 Å². The summed E-state index contributed by atoms with van der Waals surface area (Å²) < 4.78 is 27.1. The fourth-order valence-corrected chi connectivity index (χ4v) is 15.4. The maximum atomic E-state index is 13.7. The molecule has 0 radical (unpaired) electrons. The van der Waals surface area contributed by atoms with E-state index in [0.717, 1.165) is 71.5 Å². The Kier molecular flexibility index (Phi) is 24.4. The summed E-state index contributed by atoms with van der Waals surface area (Å²) >= 11 is 0. The van der Waals surface area contributed by atoms with Gasteiger partial charge in [0, 0.05) is 75.1 Å². The van der Waals surface area contributed by atoms with E-state index in [2.05, 4.69) is 88.1 Å². The molecule has 1 saturated carbocycles. The lowest BCUT2D eigenvalue weighted by Crippen LogP contribution is -2.50. The fraction of sp³-hybridized carbons (Fsp3) is 0.372. The first-order valence-electron chi connectivity index (χ1n) is 37.5. The van der Waals surface area contributed by atoms with Crippen LogP contribution < -0.4 is 30.5 Å². The van der Waals surface area contributed by atoms with E-state index in [4.69, 9.17) is 18.9 Å². The van der Waals surface area contributed by atoms with Crippen molar-refractivity contribution in [1.82, 2.24) is 44.0 Å². The van der Waals surface area contributed by atoms with Crippen LogP contribution in [0.3, 0.4) is 0 Å². The number of nitrogens with zero attached hydrogens (tertiary/aromatic N) is 9. The molecule has 22 nitrogen and oxygen atoms in total. The topological polar surface area (TPSA) is 254 Å². The molecule has 2 fully saturated rings. The first kappa shape index (κ1) is 76.4. The van der Waals surface area contributed by atoms with Crippen molar-refractivity contribution in [2.24, 2.45) is 17.8 Å². The summed E-state index contributed by atoms with van der Waals surface area (Å²) in [5.74, 6) is -4.29. The maximum Gasteiger partial charge on any atom is 0.314 e. The smallest absolute Gasteiger partial charge is 0.314 e. The van der Waals surface area contributed by atoms with E-state index in [1.54, 1.807) is 28.7 Å². The third kappa shape index (κ3) is 16.8. The molecule has 1 aliphatic carbocycles. The monoisotopic (exact) mass is 1460 g/mol. The van der Waals surface area contributed by atoms with Crippen molar-refractivity contribution in [3.05, 3.63) is 282 Å². The van der Waals surface area contributed by atoms with Crippen molar-refractivity contribution in [1.29, 1.82) is 0 Å². The van der Waals surface area contributed by atoms with Gasteiger partial charge in [0.1, 0.15) is 0 Å². The van der Waals surface area contributed by atoms with Gasteiger partial charge in [0.05, 0.1) is 48.6 Å². The number of amides is 3. The van der Waals surface area contributed by atoms with E-state index in [1.807, 2.05) is 165 Å². The number of hydrogen-bond donors (Lipinski definition) is 0. The molecule has 3 atom stereocenters. The summed E-state index contributed by atoms with van der Waals surface area (Å²) in [5.41, 5.74) is 4.77. The number of benzene rings is 6. The second-order valence-corrected chi connectivity index (χ2v) is 29.4. The number of rotatable bonds is 19.